The normalized spacial score (nSPS) is 18.4. The molecule has 1 N–H and O–H groups in total. The van der Waals surface area contributed by atoms with Crippen molar-refractivity contribution in [2.75, 3.05) is 13.1 Å². The molecule has 164 valence electrons. The Hall–Kier alpha value is -1.45. The molecule has 3 rings (SSSR count). The van der Waals surface area contributed by atoms with Gasteiger partial charge in [-0.2, -0.15) is 4.31 Å². The lowest BCUT2D eigenvalue weighted by molar-refractivity contribution is 0.242. The number of halogens is 1. The number of benzene rings is 2. The molecule has 2 aromatic carbocycles. The van der Waals surface area contributed by atoms with Gasteiger partial charge in [0.1, 0.15) is 0 Å². The summed E-state index contributed by atoms with van der Waals surface area (Å²) < 4.78 is 55.8. The molecular weight excluding hydrogens is 444 g/mol. The molecule has 0 saturated carbocycles. The Morgan fingerprint density at radius 1 is 1.03 bits per heavy atom. The van der Waals surface area contributed by atoms with Crippen molar-refractivity contribution in [2.45, 2.75) is 55.4 Å². The lowest BCUT2D eigenvalue weighted by Gasteiger charge is -2.34. The first-order valence-corrected chi connectivity index (χ1v) is 13.3. The van der Waals surface area contributed by atoms with E-state index in [9.17, 15) is 16.8 Å². The highest BCUT2D eigenvalue weighted by Crippen LogP contribution is 2.27. The van der Waals surface area contributed by atoms with Crippen LogP contribution in [0.15, 0.2) is 52.3 Å². The Bertz CT molecular complexity index is 1100. The number of nitrogens with zero attached hydrogens (tertiary/aromatic N) is 1. The smallest absolute Gasteiger partial charge is 0.211 e. The molecule has 2 aromatic rings. The van der Waals surface area contributed by atoms with Gasteiger partial charge in [-0.25, -0.2) is 21.6 Å². The largest absolute Gasteiger partial charge is 0.243 e. The maximum absolute atomic E-state index is 13.1. The minimum Gasteiger partial charge on any atom is -0.211 e. The van der Waals surface area contributed by atoms with Gasteiger partial charge in [0.15, 0.2) is 0 Å². The van der Waals surface area contributed by atoms with Gasteiger partial charge in [-0.3, -0.25) is 0 Å². The van der Waals surface area contributed by atoms with Gasteiger partial charge in [0.2, 0.25) is 20.0 Å². The molecule has 1 fully saturated rings. The van der Waals surface area contributed by atoms with Crippen LogP contribution >= 0.6 is 11.6 Å². The van der Waals surface area contributed by atoms with Crippen LogP contribution in [0.3, 0.4) is 0 Å². The van der Waals surface area contributed by atoms with Crippen LogP contribution in [-0.2, 0) is 20.0 Å². The minimum absolute atomic E-state index is 0.141. The molecule has 6 nitrogen and oxygen atoms in total. The van der Waals surface area contributed by atoms with Crippen molar-refractivity contribution in [3.63, 3.8) is 0 Å². The second-order valence-corrected chi connectivity index (χ2v) is 11.7. The van der Waals surface area contributed by atoms with E-state index in [1.807, 2.05) is 6.92 Å². The number of aryl methyl sites for hydroxylation is 1. The molecule has 9 heteroatoms. The van der Waals surface area contributed by atoms with Crippen molar-refractivity contribution < 1.29 is 16.8 Å². The average molecular weight is 471 g/mol. The maximum atomic E-state index is 13.1. The van der Waals surface area contributed by atoms with E-state index in [4.69, 9.17) is 11.6 Å². The number of piperidine rings is 1. The number of hydrogen-bond donors (Lipinski definition) is 1. The van der Waals surface area contributed by atoms with Crippen molar-refractivity contribution in [3.05, 3.63) is 58.6 Å². The summed E-state index contributed by atoms with van der Waals surface area (Å²) in [6, 6.07) is 11.3. The molecule has 1 atom stereocenters. The van der Waals surface area contributed by atoms with Crippen LogP contribution in [-0.4, -0.2) is 40.3 Å². The van der Waals surface area contributed by atoms with E-state index in [0.29, 0.717) is 30.0 Å². The first-order valence-electron chi connectivity index (χ1n) is 9.96. The van der Waals surface area contributed by atoms with E-state index < -0.39 is 20.0 Å². The highest BCUT2D eigenvalue weighted by atomic mass is 35.5. The zero-order chi connectivity index (χ0) is 21.9. The van der Waals surface area contributed by atoms with Crippen molar-refractivity contribution in [3.8, 4) is 0 Å². The Balaban J connectivity index is 1.72. The SMILES string of the molecule is Cc1ccc(S(=O)(=O)N2CCCCC2CCNS(=O)(=O)c2cccc(Cl)c2C)cc1. The standard InChI is InChI=1S/C21H27ClN2O4S2/c1-16-9-11-19(12-10-16)30(27,28)24-15-4-3-6-18(24)13-14-23-29(25,26)21-8-5-7-20(22)17(21)2/h5,7-12,18,23H,3-4,6,13-15H2,1-2H3. The van der Waals surface area contributed by atoms with E-state index >= 15 is 0 Å². The molecule has 30 heavy (non-hydrogen) atoms. The summed E-state index contributed by atoms with van der Waals surface area (Å²) in [4.78, 5) is 0.415. The summed E-state index contributed by atoms with van der Waals surface area (Å²) in [6.45, 7) is 4.17. The number of rotatable bonds is 7. The van der Waals surface area contributed by atoms with Gasteiger partial charge in [-0.1, -0.05) is 41.8 Å². The van der Waals surface area contributed by atoms with Gasteiger partial charge in [0.25, 0.3) is 0 Å². The van der Waals surface area contributed by atoms with E-state index in [1.165, 1.54) is 10.4 Å². The predicted molar refractivity (Wildman–Crippen MR) is 119 cm³/mol. The summed E-state index contributed by atoms with van der Waals surface area (Å²) in [5.41, 5.74) is 1.49. The molecule has 0 spiro atoms. The molecule has 1 saturated heterocycles. The Kier molecular flexibility index (Phi) is 7.24. The van der Waals surface area contributed by atoms with Crippen LogP contribution in [0.1, 0.15) is 36.8 Å². The van der Waals surface area contributed by atoms with Gasteiger partial charge >= 0.3 is 0 Å². The first-order chi connectivity index (χ1) is 14.1. The molecule has 1 unspecified atom stereocenters. The third-order valence-corrected chi connectivity index (χ3v) is 9.46. The van der Waals surface area contributed by atoms with Gasteiger partial charge in [0, 0.05) is 24.2 Å². The van der Waals surface area contributed by atoms with Crippen LogP contribution in [0.4, 0.5) is 0 Å². The van der Waals surface area contributed by atoms with Gasteiger partial charge < -0.3 is 0 Å². The first kappa shape index (κ1) is 23.2. The molecule has 1 aliphatic rings. The zero-order valence-electron chi connectivity index (χ0n) is 17.1. The second kappa shape index (κ2) is 9.36. The van der Waals surface area contributed by atoms with Crippen LogP contribution in [0, 0.1) is 13.8 Å². The molecule has 1 aliphatic heterocycles. The van der Waals surface area contributed by atoms with E-state index in [1.54, 1.807) is 43.3 Å². The third-order valence-electron chi connectivity index (χ3n) is 5.48. The molecular formula is C21H27ClN2O4S2. The fourth-order valence-electron chi connectivity index (χ4n) is 3.74. The van der Waals surface area contributed by atoms with Crippen molar-refractivity contribution in [1.29, 1.82) is 0 Å². The van der Waals surface area contributed by atoms with Crippen molar-refractivity contribution >= 4 is 31.6 Å². The van der Waals surface area contributed by atoms with E-state index in [2.05, 4.69) is 4.72 Å². The van der Waals surface area contributed by atoms with E-state index in [-0.39, 0.29) is 22.4 Å². The fraction of sp³-hybridized carbons (Fsp3) is 0.429. The highest BCUT2D eigenvalue weighted by molar-refractivity contribution is 7.89. The molecule has 0 aromatic heterocycles. The van der Waals surface area contributed by atoms with Crippen LogP contribution < -0.4 is 4.72 Å². The quantitative estimate of drug-likeness (QED) is 0.665. The van der Waals surface area contributed by atoms with Gasteiger partial charge in [-0.15, -0.1) is 0 Å². The fourth-order valence-corrected chi connectivity index (χ4v) is 7.01. The van der Waals surface area contributed by atoms with Crippen LogP contribution in [0.5, 0.6) is 0 Å². The molecule has 0 aliphatic carbocycles. The Labute approximate surface area is 184 Å². The third kappa shape index (κ3) is 5.06. The summed E-state index contributed by atoms with van der Waals surface area (Å²) in [5.74, 6) is 0. The lowest BCUT2D eigenvalue weighted by Crippen LogP contribution is -2.45. The Morgan fingerprint density at radius 3 is 2.43 bits per heavy atom. The molecule has 0 amide bonds. The maximum Gasteiger partial charge on any atom is 0.243 e. The monoisotopic (exact) mass is 470 g/mol. The highest BCUT2D eigenvalue weighted by Gasteiger charge is 2.33. The predicted octanol–water partition coefficient (Wildman–Crippen LogP) is 3.87. The number of sulfonamides is 2. The molecule has 0 radical (unpaired) electrons. The van der Waals surface area contributed by atoms with Crippen molar-refractivity contribution in [2.24, 2.45) is 0 Å². The van der Waals surface area contributed by atoms with Crippen LogP contribution in [0.2, 0.25) is 5.02 Å². The average Bonchev–Trinajstić information content (AvgIpc) is 2.70. The Morgan fingerprint density at radius 2 is 1.73 bits per heavy atom. The van der Waals surface area contributed by atoms with E-state index in [0.717, 1.165) is 18.4 Å². The summed E-state index contributed by atoms with van der Waals surface area (Å²) in [5, 5.41) is 0.389. The summed E-state index contributed by atoms with van der Waals surface area (Å²) in [6.07, 6.45) is 2.84. The van der Waals surface area contributed by atoms with Crippen molar-refractivity contribution in [1.82, 2.24) is 9.03 Å². The molecule has 1 heterocycles. The number of nitrogens with one attached hydrogen (secondary N) is 1. The zero-order valence-corrected chi connectivity index (χ0v) is 19.5. The van der Waals surface area contributed by atoms with Gasteiger partial charge in [-0.05, 0) is 62.9 Å². The molecule has 0 bridgehead atoms. The second-order valence-electron chi connectivity index (χ2n) is 7.63. The summed E-state index contributed by atoms with van der Waals surface area (Å²) in [7, 11) is -7.35. The van der Waals surface area contributed by atoms with Gasteiger partial charge in [0.05, 0.1) is 9.79 Å². The minimum atomic E-state index is -3.73. The topological polar surface area (TPSA) is 83.6 Å². The van der Waals surface area contributed by atoms with Crippen LogP contribution in [0.25, 0.3) is 0 Å². The lowest BCUT2D eigenvalue weighted by atomic mass is 10.0. The number of hydrogen-bond acceptors (Lipinski definition) is 4. The summed E-state index contributed by atoms with van der Waals surface area (Å²) >= 11 is 6.05.